The van der Waals surface area contributed by atoms with Crippen LogP contribution in [-0.2, 0) is 0 Å². The smallest absolute Gasteiger partial charge is 0.161 e. The summed E-state index contributed by atoms with van der Waals surface area (Å²) in [4.78, 5) is 0. The summed E-state index contributed by atoms with van der Waals surface area (Å²) in [6.45, 7) is 0.778. The normalized spacial score (nSPS) is 16.4. The molecule has 14 heavy (non-hydrogen) atoms. The Hall–Kier alpha value is -1.26. The third-order valence-corrected chi connectivity index (χ3v) is 2.12. The van der Waals surface area contributed by atoms with Crippen LogP contribution in [0.15, 0.2) is 18.2 Å². The minimum Gasteiger partial charge on any atom is -0.486 e. The SMILES string of the molecule is OC[C@H](O)c1ccc2c(c1)OCCO2. The maximum Gasteiger partial charge on any atom is 0.161 e. The van der Waals surface area contributed by atoms with Gasteiger partial charge in [0.1, 0.15) is 19.3 Å². The van der Waals surface area contributed by atoms with Crippen molar-refractivity contribution in [1.29, 1.82) is 0 Å². The van der Waals surface area contributed by atoms with Crippen molar-refractivity contribution in [3.63, 3.8) is 0 Å². The molecule has 1 aromatic rings. The van der Waals surface area contributed by atoms with Crippen LogP contribution < -0.4 is 9.47 Å². The molecule has 0 bridgehead atoms. The van der Waals surface area contributed by atoms with E-state index in [1.807, 2.05) is 0 Å². The molecule has 0 spiro atoms. The maximum atomic E-state index is 9.38. The second-order valence-corrected chi connectivity index (χ2v) is 3.10. The van der Waals surface area contributed by atoms with Gasteiger partial charge in [-0.3, -0.25) is 0 Å². The van der Waals surface area contributed by atoms with Crippen LogP contribution in [0, 0.1) is 0 Å². The molecule has 0 radical (unpaired) electrons. The van der Waals surface area contributed by atoms with Gasteiger partial charge in [-0.1, -0.05) is 6.07 Å². The van der Waals surface area contributed by atoms with Crippen molar-refractivity contribution in [3.05, 3.63) is 23.8 Å². The van der Waals surface area contributed by atoms with Crippen LogP contribution in [-0.4, -0.2) is 30.0 Å². The quantitative estimate of drug-likeness (QED) is 0.722. The van der Waals surface area contributed by atoms with E-state index in [1.54, 1.807) is 18.2 Å². The highest BCUT2D eigenvalue weighted by Crippen LogP contribution is 2.32. The number of rotatable bonds is 2. The van der Waals surface area contributed by atoms with E-state index < -0.39 is 6.10 Å². The van der Waals surface area contributed by atoms with E-state index in [2.05, 4.69) is 0 Å². The van der Waals surface area contributed by atoms with Gasteiger partial charge in [-0.2, -0.15) is 0 Å². The van der Waals surface area contributed by atoms with E-state index in [9.17, 15) is 5.11 Å². The Morgan fingerprint density at radius 2 is 1.93 bits per heavy atom. The van der Waals surface area contributed by atoms with Gasteiger partial charge < -0.3 is 19.7 Å². The highest BCUT2D eigenvalue weighted by Gasteiger charge is 2.14. The van der Waals surface area contributed by atoms with Crippen molar-refractivity contribution in [3.8, 4) is 11.5 Å². The lowest BCUT2D eigenvalue weighted by Gasteiger charge is -2.19. The molecule has 4 nitrogen and oxygen atoms in total. The first-order valence-corrected chi connectivity index (χ1v) is 4.49. The molecule has 1 heterocycles. The Balaban J connectivity index is 2.29. The van der Waals surface area contributed by atoms with Gasteiger partial charge in [-0.15, -0.1) is 0 Å². The lowest BCUT2D eigenvalue weighted by atomic mass is 10.1. The summed E-state index contributed by atoms with van der Waals surface area (Å²) >= 11 is 0. The second-order valence-electron chi connectivity index (χ2n) is 3.10. The molecular formula is C10H12O4. The Morgan fingerprint density at radius 1 is 1.21 bits per heavy atom. The molecule has 0 aliphatic carbocycles. The van der Waals surface area contributed by atoms with Gasteiger partial charge >= 0.3 is 0 Å². The zero-order valence-electron chi connectivity index (χ0n) is 7.64. The van der Waals surface area contributed by atoms with Crippen LogP contribution in [0.3, 0.4) is 0 Å². The Kier molecular flexibility index (Phi) is 2.56. The molecule has 0 saturated heterocycles. The van der Waals surface area contributed by atoms with Gasteiger partial charge in [-0.05, 0) is 17.7 Å². The Morgan fingerprint density at radius 3 is 2.64 bits per heavy atom. The summed E-state index contributed by atoms with van der Waals surface area (Å²) in [5, 5.41) is 18.2. The zero-order valence-corrected chi connectivity index (χ0v) is 7.64. The van der Waals surface area contributed by atoms with Gasteiger partial charge in [0.2, 0.25) is 0 Å². The highest BCUT2D eigenvalue weighted by atomic mass is 16.6. The number of ether oxygens (including phenoxy) is 2. The molecule has 1 aromatic carbocycles. The van der Waals surface area contributed by atoms with E-state index in [1.165, 1.54) is 0 Å². The highest BCUT2D eigenvalue weighted by molar-refractivity contribution is 5.44. The first-order chi connectivity index (χ1) is 6.81. The minimum atomic E-state index is -0.856. The van der Waals surface area contributed by atoms with E-state index in [0.29, 0.717) is 30.3 Å². The number of aliphatic hydroxyl groups is 2. The Bertz CT molecular complexity index is 324. The molecular weight excluding hydrogens is 184 g/mol. The van der Waals surface area contributed by atoms with Crippen LogP contribution in [0.25, 0.3) is 0 Å². The molecule has 0 fully saturated rings. The topological polar surface area (TPSA) is 58.9 Å². The van der Waals surface area contributed by atoms with E-state index in [4.69, 9.17) is 14.6 Å². The summed E-state index contributed by atoms with van der Waals surface area (Å²) in [6, 6.07) is 5.15. The van der Waals surface area contributed by atoms with Gasteiger partial charge in [0.15, 0.2) is 11.5 Å². The predicted octanol–water partition coefficient (Wildman–Crippen LogP) is 0.483. The summed E-state index contributed by atoms with van der Waals surface area (Å²) in [7, 11) is 0. The third-order valence-electron chi connectivity index (χ3n) is 2.12. The first-order valence-electron chi connectivity index (χ1n) is 4.49. The first kappa shape index (κ1) is 9.30. The van der Waals surface area contributed by atoms with Crippen molar-refractivity contribution < 1.29 is 19.7 Å². The van der Waals surface area contributed by atoms with E-state index >= 15 is 0 Å². The molecule has 2 N–H and O–H groups in total. The van der Waals surface area contributed by atoms with Gasteiger partial charge in [0.25, 0.3) is 0 Å². The molecule has 4 heteroatoms. The monoisotopic (exact) mass is 196 g/mol. The fraction of sp³-hybridized carbons (Fsp3) is 0.400. The van der Waals surface area contributed by atoms with Crippen molar-refractivity contribution in [2.24, 2.45) is 0 Å². The van der Waals surface area contributed by atoms with E-state index in [-0.39, 0.29) is 6.61 Å². The molecule has 1 atom stereocenters. The summed E-state index contributed by atoms with van der Waals surface area (Å²) < 4.78 is 10.7. The maximum absolute atomic E-state index is 9.38. The third kappa shape index (κ3) is 1.66. The van der Waals surface area contributed by atoms with Crippen LogP contribution in [0.1, 0.15) is 11.7 Å². The molecule has 1 aliphatic heterocycles. The largest absolute Gasteiger partial charge is 0.486 e. The fourth-order valence-electron chi connectivity index (χ4n) is 1.37. The van der Waals surface area contributed by atoms with Crippen LogP contribution in [0.5, 0.6) is 11.5 Å². The standard InChI is InChI=1S/C10H12O4/c11-6-8(12)7-1-2-9-10(5-7)14-4-3-13-9/h1-2,5,8,11-12H,3-4,6H2/t8-/m0/s1. The number of fused-ring (bicyclic) bond motifs is 1. The number of benzene rings is 1. The minimum absolute atomic E-state index is 0.292. The molecule has 0 saturated carbocycles. The van der Waals surface area contributed by atoms with Crippen molar-refractivity contribution in [2.75, 3.05) is 19.8 Å². The summed E-state index contributed by atoms with van der Waals surface area (Å²) in [6.07, 6.45) is -0.856. The molecule has 0 aromatic heterocycles. The molecule has 0 amide bonds. The predicted molar refractivity (Wildman–Crippen MR) is 49.5 cm³/mol. The lowest BCUT2D eigenvalue weighted by molar-refractivity contribution is 0.0948. The van der Waals surface area contributed by atoms with Gasteiger partial charge in [0.05, 0.1) is 6.61 Å². The van der Waals surface area contributed by atoms with Crippen LogP contribution >= 0.6 is 0 Å². The van der Waals surface area contributed by atoms with E-state index in [0.717, 1.165) is 0 Å². The molecule has 1 aliphatic rings. The van der Waals surface area contributed by atoms with Gasteiger partial charge in [0, 0.05) is 0 Å². The second kappa shape index (κ2) is 3.86. The molecule has 76 valence electrons. The summed E-state index contributed by atoms with van der Waals surface area (Å²) in [5.41, 5.74) is 0.636. The number of aliphatic hydroxyl groups excluding tert-OH is 2. The van der Waals surface area contributed by atoms with Gasteiger partial charge in [-0.25, -0.2) is 0 Å². The molecule has 2 rings (SSSR count). The van der Waals surface area contributed by atoms with Crippen molar-refractivity contribution >= 4 is 0 Å². The molecule has 0 unspecified atom stereocenters. The Labute approximate surface area is 81.7 Å². The average Bonchev–Trinajstić information content (AvgIpc) is 2.27. The lowest BCUT2D eigenvalue weighted by Crippen LogP contribution is -2.15. The van der Waals surface area contributed by atoms with Crippen LogP contribution in [0.4, 0.5) is 0 Å². The number of hydrogen-bond donors (Lipinski definition) is 2. The number of hydrogen-bond acceptors (Lipinski definition) is 4. The zero-order chi connectivity index (χ0) is 9.97. The van der Waals surface area contributed by atoms with Crippen molar-refractivity contribution in [1.82, 2.24) is 0 Å². The average molecular weight is 196 g/mol. The summed E-state index contributed by atoms with van der Waals surface area (Å²) in [5.74, 6) is 1.31. The van der Waals surface area contributed by atoms with Crippen molar-refractivity contribution in [2.45, 2.75) is 6.10 Å². The van der Waals surface area contributed by atoms with Crippen LogP contribution in [0.2, 0.25) is 0 Å². The fourth-order valence-corrected chi connectivity index (χ4v) is 1.37.